The van der Waals surface area contributed by atoms with Gasteiger partial charge in [0, 0.05) is 17.5 Å². The molecule has 1 aromatic rings. The second-order valence-electron chi connectivity index (χ2n) is 5.61. The van der Waals surface area contributed by atoms with Gasteiger partial charge < -0.3 is 0 Å². The van der Waals surface area contributed by atoms with E-state index in [1.165, 1.54) is 43.5 Å². The van der Waals surface area contributed by atoms with Gasteiger partial charge in [0.2, 0.25) is 0 Å². The highest BCUT2D eigenvalue weighted by atomic mass is 32.1. The van der Waals surface area contributed by atoms with E-state index in [9.17, 15) is 4.79 Å². The fourth-order valence-corrected chi connectivity index (χ4v) is 4.49. The highest BCUT2D eigenvalue weighted by Crippen LogP contribution is 2.37. The molecule has 5 heteroatoms. The Morgan fingerprint density at radius 3 is 3.05 bits per heavy atom. The molecule has 2 atom stereocenters. The van der Waals surface area contributed by atoms with Crippen molar-refractivity contribution in [1.82, 2.24) is 10.3 Å². The minimum absolute atomic E-state index is 0.187. The zero-order valence-electron chi connectivity index (χ0n) is 11.1. The van der Waals surface area contributed by atoms with Gasteiger partial charge in [0.15, 0.2) is 0 Å². The molecular formula is C14H21N3OS. The number of thiophene rings is 1. The Kier molecular flexibility index (Phi) is 3.86. The summed E-state index contributed by atoms with van der Waals surface area (Å²) in [5.74, 6) is 5.89. The number of nitrogens with one attached hydrogen (secondary N) is 1. The van der Waals surface area contributed by atoms with E-state index >= 15 is 0 Å². The molecule has 1 aromatic heterocycles. The molecule has 0 bridgehead atoms. The van der Waals surface area contributed by atoms with Crippen molar-refractivity contribution >= 4 is 17.2 Å². The molecule has 2 unspecified atom stereocenters. The van der Waals surface area contributed by atoms with E-state index in [1.54, 1.807) is 11.3 Å². The molecule has 4 nitrogen and oxygen atoms in total. The van der Waals surface area contributed by atoms with Gasteiger partial charge in [-0.1, -0.05) is 12.8 Å². The minimum atomic E-state index is -0.187. The molecule has 1 saturated carbocycles. The van der Waals surface area contributed by atoms with E-state index in [4.69, 9.17) is 5.84 Å². The first-order valence-corrected chi connectivity index (χ1v) is 7.93. The van der Waals surface area contributed by atoms with Crippen molar-refractivity contribution in [2.45, 2.75) is 44.7 Å². The van der Waals surface area contributed by atoms with Crippen molar-refractivity contribution < 1.29 is 4.79 Å². The summed E-state index contributed by atoms with van der Waals surface area (Å²) >= 11 is 1.56. The SMILES string of the molecule is NNC(=O)c1ccc(CN2CCC3CCCCC32)s1. The van der Waals surface area contributed by atoms with Crippen LogP contribution in [0.4, 0.5) is 0 Å². The number of nitrogens with zero attached hydrogens (tertiary/aromatic N) is 1. The normalized spacial score (nSPS) is 27.2. The fraction of sp³-hybridized carbons (Fsp3) is 0.643. The summed E-state index contributed by atoms with van der Waals surface area (Å²) < 4.78 is 0. The van der Waals surface area contributed by atoms with Crippen LogP contribution in [0.15, 0.2) is 12.1 Å². The van der Waals surface area contributed by atoms with Crippen molar-refractivity contribution in [2.24, 2.45) is 11.8 Å². The molecular weight excluding hydrogens is 258 g/mol. The van der Waals surface area contributed by atoms with Crippen LogP contribution in [-0.2, 0) is 6.54 Å². The fourth-order valence-electron chi connectivity index (χ4n) is 3.56. The molecule has 1 aliphatic carbocycles. The summed E-state index contributed by atoms with van der Waals surface area (Å²) in [5, 5.41) is 0. The summed E-state index contributed by atoms with van der Waals surface area (Å²) in [4.78, 5) is 16.0. The van der Waals surface area contributed by atoms with Crippen LogP contribution in [0.3, 0.4) is 0 Å². The van der Waals surface area contributed by atoms with Crippen LogP contribution in [0.25, 0.3) is 0 Å². The largest absolute Gasteiger partial charge is 0.295 e. The van der Waals surface area contributed by atoms with E-state index in [0.717, 1.165) is 18.5 Å². The smallest absolute Gasteiger partial charge is 0.275 e. The maximum Gasteiger partial charge on any atom is 0.275 e. The van der Waals surface area contributed by atoms with Gasteiger partial charge in [0.25, 0.3) is 5.91 Å². The molecule has 1 amide bonds. The van der Waals surface area contributed by atoms with Gasteiger partial charge in [0.05, 0.1) is 4.88 Å². The first-order valence-electron chi connectivity index (χ1n) is 7.11. The number of hydrogen-bond donors (Lipinski definition) is 2. The lowest BCUT2D eigenvalue weighted by Gasteiger charge is -2.31. The maximum atomic E-state index is 11.5. The van der Waals surface area contributed by atoms with Crippen LogP contribution >= 0.6 is 11.3 Å². The van der Waals surface area contributed by atoms with Gasteiger partial charge >= 0.3 is 0 Å². The molecule has 104 valence electrons. The van der Waals surface area contributed by atoms with Gasteiger partial charge in [-0.25, -0.2) is 5.84 Å². The quantitative estimate of drug-likeness (QED) is 0.506. The Labute approximate surface area is 117 Å². The molecule has 2 fully saturated rings. The summed E-state index contributed by atoms with van der Waals surface area (Å²) in [7, 11) is 0. The van der Waals surface area contributed by atoms with Crippen LogP contribution < -0.4 is 11.3 Å². The van der Waals surface area contributed by atoms with Gasteiger partial charge in [-0.2, -0.15) is 0 Å². The average Bonchev–Trinajstić information content (AvgIpc) is 3.06. The first kappa shape index (κ1) is 13.1. The Morgan fingerprint density at radius 2 is 2.21 bits per heavy atom. The zero-order chi connectivity index (χ0) is 13.2. The van der Waals surface area contributed by atoms with Crippen molar-refractivity contribution in [3.63, 3.8) is 0 Å². The number of hydrazine groups is 1. The van der Waals surface area contributed by atoms with Crippen LogP contribution in [0, 0.1) is 5.92 Å². The van der Waals surface area contributed by atoms with Gasteiger partial charge in [-0.3, -0.25) is 15.1 Å². The van der Waals surface area contributed by atoms with E-state index in [1.807, 2.05) is 6.07 Å². The van der Waals surface area contributed by atoms with E-state index in [2.05, 4.69) is 16.4 Å². The average molecular weight is 279 g/mol. The predicted molar refractivity (Wildman–Crippen MR) is 76.7 cm³/mol. The van der Waals surface area contributed by atoms with Crippen molar-refractivity contribution in [3.8, 4) is 0 Å². The Balaban J connectivity index is 1.65. The number of carbonyl (C=O) groups is 1. The van der Waals surface area contributed by atoms with Gasteiger partial charge in [-0.15, -0.1) is 11.3 Å². The predicted octanol–water partition coefficient (Wildman–Crippen LogP) is 2.12. The molecule has 3 N–H and O–H groups in total. The number of nitrogens with two attached hydrogens (primary N) is 1. The van der Waals surface area contributed by atoms with Gasteiger partial charge in [-0.05, 0) is 43.9 Å². The number of fused-ring (bicyclic) bond motifs is 1. The van der Waals surface area contributed by atoms with E-state index < -0.39 is 0 Å². The Bertz CT molecular complexity index is 459. The molecule has 19 heavy (non-hydrogen) atoms. The second-order valence-corrected chi connectivity index (χ2v) is 6.78. The highest BCUT2D eigenvalue weighted by molar-refractivity contribution is 7.14. The Hall–Kier alpha value is -0.910. The highest BCUT2D eigenvalue weighted by Gasteiger charge is 2.35. The molecule has 0 radical (unpaired) electrons. The third kappa shape index (κ3) is 2.68. The van der Waals surface area contributed by atoms with E-state index in [-0.39, 0.29) is 5.91 Å². The van der Waals surface area contributed by atoms with Crippen molar-refractivity contribution in [3.05, 3.63) is 21.9 Å². The lowest BCUT2D eigenvalue weighted by atomic mass is 9.85. The molecule has 0 aromatic carbocycles. The summed E-state index contributed by atoms with van der Waals surface area (Å²) in [6.07, 6.45) is 6.91. The third-order valence-corrected chi connectivity index (χ3v) is 5.57. The number of hydrogen-bond acceptors (Lipinski definition) is 4. The third-order valence-electron chi connectivity index (χ3n) is 4.50. The zero-order valence-corrected chi connectivity index (χ0v) is 11.9. The van der Waals surface area contributed by atoms with Gasteiger partial charge in [0.1, 0.15) is 0 Å². The topological polar surface area (TPSA) is 58.4 Å². The molecule has 1 saturated heterocycles. The summed E-state index contributed by atoms with van der Waals surface area (Å²) in [5.41, 5.74) is 2.19. The Morgan fingerprint density at radius 1 is 1.37 bits per heavy atom. The summed E-state index contributed by atoms with van der Waals surface area (Å²) in [6, 6.07) is 4.71. The summed E-state index contributed by atoms with van der Waals surface area (Å²) in [6.45, 7) is 2.20. The number of nitrogen functional groups attached to an aromatic ring is 1. The molecule has 0 spiro atoms. The van der Waals surface area contributed by atoms with Crippen LogP contribution in [0.1, 0.15) is 46.7 Å². The van der Waals surface area contributed by atoms with Crippen LogP contribution in [0.5, 0.6) is 0 Å². The van der Waals surface area contributed by atoms with Crippen molar-refractivity contribution in [1.29, 1.82) is 0 Å². The number of amides is 1. The number of likely N-dealkylation sites (tertiary alicyclic amines) is 1. The molecule has 1 aliphatic heterocycles. The molecule has 2 heterocycles. The lowest BCUT2D eigenvalue weighted by molar-refractivity contribution is 0.0957. The lowest BCUT2D eigenvalue weighted by Crippen LogP contribution is -2.34. The maximum absolute atomic E-state index is 11.5. The standard InChI is InChI=1S/C14H21N3OS/c15-16-14(18)13-6-5-11(19-13)9-17-8-7-10-3-1-2-4-12(10)17/h5-6,10,12H,1-4,7-9,15H2,(H,16,18). The number of carbonyl (C=O) groups excluding carboxylic acids is 1. The van der Waals surface area contributed by atoms with Crippen molar-refractivity contribution in [2.75, 3.05) is 6.54 Å². The second kappa shape index (κ2) is 5.61. The number of rotatable bonds is 3. The first-order chi connectivity index (χ1) is 9.28. The monoisotopic (exact) mass is 279 g/mol. The van der Waals surface area contributed by atoms with Crippen LogP contribution in [-0.4, -0.2) is 23.4 Å². The van der Waals surface area contributed by atoms with E-state index in [0.29, 0.717) is 4.88 Å². The molecule has 2 aliphatic rings. The minimum Gasteiger partial charge on any atom is -0.295 e. The van der Waals surface area contributed by atoms with Crippen LogP contribution in [0.2, 0.25) is 0 Å². The molecule has 3 rings (SSSR count).